The van der Waals surface area contributed by atoms with Gasteiger partial charge in [0, 0.05) is 45.8 Å². The number of likely N-dealkylation sites (N-methyl/N-ethyl adjacent to an activating group) is 1. The Hall–Kier alpha value is -3.04. The number of carbonyl (C=O) groups excluding carboxylic acids is 5. The number of urea groups is 1. The number of hydrogen-bond donors (Lipinski definition) is 4. The molecule has 0 aromatic carbocycles. The minimum atomic E-state index is -3.62. The Morgan fingerprint density at radius 2 is 1.57 bits per heavy atom. The number of hydrogen-bond acceptors (Lipinski definition) is 7. The highest BCUT2D eigenvalue weighted by molar-refractivity contribution is 7.87. The van der Waals surface area contributed by atoms with Gasteiger partial charge < -0.3 is 26.2 Å². The van der Waals surface area contributed by atoms with Gasteiger partial charge in [0.1, 0.15) is 12.1 Å². The fourth-order valence-electron chi connectivity index (χ4n) is 5.65. The number of ketones is 1. The van der Waals surface area contributed by atoms with Crippen molar-refractivity contribution in [2.24, 2.45) is 16.7 Å². The summed E-state index contributed by atoms with van der Waals surface area (Å²) in [4.78, 5) is 67.8. The first-order valence-electron chi connectivity index (χ1n) is 16.1. The SMILES string of the molecule is C=CCNC(=O)C(=O)C(CC1CC1)NC(=O)[C@@H]1CCCN1C(=O)[C@@H](NC(=O)N[C@H](CN1CCN(C)S1(=O)=O)C(C)(C)C)C(C)(C)C. The van der Waals surface area contributed by atoms with E-state index in [-0.39, 0.29) is 19.0 Å². The molecule has 1 unspecified atom stereocenters. The summed E-state index contributed by atoms with van der Waals surface area (Å²) >= 11 is 0. The summed E-state index contributed by atoms with van der Waals surface area (Å²) < 4.78 is 28.0. The average molecular weight is 668 g/mol. The molecule has 0 radical (unpaired) electrons. The second-order valence-corrected chi connectivity index (χ2v) is 16.9. The number of nitrogens with zero attached hydrogens (tertiary/aromatic N) is 3. The molecule has 15 heteroatoms. The molecule has 4 N–H and O–H groups in total. The molecular formula is C31H53N7O7S. The topological polar surface area (TPSA) is 177 Å². The predicted octanol–water partition coefficient (Wildman–Crippen LogP) is 0.754. The predicted molar refractivity (Wildman–Crippen MR) is 173 cm³/mol. The van der Waals surface area contributed by atoms with E-state index in [0.29, 0.717) is 38.9 Å². The molecule has 0 aromatic heterocycles. The fraction of sp³-hybridized carbons (Fsp3) is 0.774. The lowest BCUT2D eigenvalue weighted by molar-refractivity contribution is -0.143. The van der Waals surface area contributed by atoms with Gasteiger partial charge in [-0.1, -0.05) is 60.5 Å². The van der Waals surface area contributed by atoms with Gasteiger partial charge >= 0.3 is 6.03 Å². The maximum absolute atomic E-state index is 14.0. The van der Waals surface area contributed by atoms with Gasteiger partial charge in [0.25, 0.3) is 16.1 Å². The first-order chi connectivity index (χ1) is 21.3. The van der Waals surface area contributed by atoms with E-state index in [2.05, 4.69) is 27.8 Å². The smallest absolute Gasteiger partial charge is 0.315 e. The molecule has 0 bridgehead atoms. The Bertz CT molecular complexity index is 1290. The van der Waals surface area contributed by atoms with Crippen molar-refractivity contribution in [1.82, 2.24) is 34.8 Å². The third-order valence-electron chi connectivity index (χ3n) is 8.88. The molecule has 5 amide bonds. The number of nitrogens with one attached hydrogen (secondary N) is 4. The quantitative estimate of drug-likeness (QED) is 0.165. The molecule has 1 saturated carbocycles. The van der Waals surface area contributed by atoms with Crippen molar-refractivity contribution in [2.45, 2.75) is 97.8 Å². The second-order valence-electron chi connectivity index (χ2n) is 14.8. The van der Waals surface area contributed by atoms with Crippen LogP contribution in [-0.2, 0) is 29.4 Å². The van der Waals surface area contributed by atoms with Gasteiger partial charge in [-0.25, -0.2) is 4.79 Å². The van der Waals surface area contributed by atoms with E-state index in [1.165, 1.54) is 26.6 Å². The van der Waals surface area contributed by atoms with Crippen LogP contribution in [-0.4, -0.2) is 115 Å². The molecule has 3 rings (SSSR count). The lowest BCUT2D eigenvalue weighted by Crippen LogP contribution is -2.62. The normalized spacial score (nSPS) is 22.4. The minimum absolute atomic E-state index is 0.0679. The lowest BCUT2D eigenvalue weighted by Gasteiger charge is -2.37. The van der Waals surface area contributed by atoms with Crippen LogP contribution in [0.15, 0.2) is 12.7 Å². The molecule has 2 heterocycles. The number of Topliss-reactive ketones (excluding diaryl/α,β-unsaturated/α-hetero) is 1. The van der Waals surface area contributed by atoms with Crippen LogP contribution in [0.5, 0.6) is 0 Å². The average Bonchev–Trinajstić information content (AvgIpc) is 3.56. The highest BCUT2D eigenvalue weighted by atomic mass is 32.2. The highest BCUT2D eigenvalue weighted by Gasteiger charge is 2.44. The molecule has 2 saturated heterocycles. The van der Waals surface area contributed by atoms with Gasteiger partial charge in [0.15, 0.2) is 0 Å². The van der Waals surface area contributed by atoms with Gasteiger partial charge in [-0.15, -0.1) is 6.58 Å². The van der Waals surface area contributed by atoms with Crippen LogP contribution >= 0.6 is 0 Å². The van der Waals surface area contributed by atoms with E-state index < -0.39 is 74.7 Å². The molecule has 3 aliphatic rings. The monoisotopic (exact) mass is 667 g/mol. The Labute approximate surface area is 273 Å². The van der Waals surface area contributed by atoms with E-state index in [4.69, 9.17) is 0 Å². The van der Waals surface area contributed by atoms with Crippen LogP contribution in [0.1, 0.15) is 73.6 Å². The maximum Gasteiger partial charge on any atom is 0.315 e. The van der Waals surface area contributed by atoms with Crippen molar-refractivity contribution in [1.29, 1.82) is 0 Å². The summed E-state index contributed by atoms with van der Waals surface area (Å²) in [6.45, 7) is 15.8. The van der Waals surface area contributed by atoms with Crippen LogP contribution in [0.25, 0.3) is 0 Å². The Balaban J connectivity index is 1.73. The number of rotatable bonds is 13. The third-order valence-corrected chi connectivity index (χ3v) is 10.8. The molecule has 14 nitrogen and oxygen atoms in total. The highest BCUT2D eigenvalue weighted by Crippen LogP contribution is 2.34. The van der Waals surface area contributed by atoms with Crippen molar-refractivity contribution < 1.29 is 32.4 Å². The van der Waals surface area contributed by atoms with E-state index in [9.17, 15) is 32.4 Å². The fourth-order valence-corrected chi connectivity index (χ4v) is 7.01. The number of likely N-dealkylation sites (tertiary alicyclic amines) is 1. The van der Waals surface area contributed by atoms with Crippen molar-refractivity contribution >= 4 is 39.7 Å². The van der Waals surface area contributed by atoms with Crippen LogP contribution in [0, 0.1) is 16.7 Å². The van der Waals surface area contributed by atoms with Gasteiger partial charge in [0.05, 0.1) is 6.04 Å². The molecule has 0 aromatic rings. The van der Waals surface area contributed by atoms with Crippen molar-refractivity contribution in [3.8, 4) is 0 Å². The Kier molecular flexibility index (Phi) is 12.0. The zero-order valence-corrected chi connectivity index (χ0v) is 29.2. The standard InChI is InChI=1S/C31H53N7O7S/c1-9-14-32-27(41)24(39)21(18-20-12-13-20)33-26(40)22-11-10-15-38(22)28(42)25(31(5,6)7)35-29(43)34-23(30(2,3)4)19-37-17-16-36(8)46(37,44)45/h9,20-23,25H,1,10-19H2,2-8H3,(H,32,41)(H,33,40)(H2,34,35,43)/t21?,22-,23+,25+/m0/s1. The molecule has 3 fully saturated rings. The first-order valence-corrected chi connectivity index (χ1v) is 17.5. The number of carbonyl (C=O) groups is 5. The van der Waals surface area contributed by atoms with E-state index in [0.717, 1.165) is 12.8 Å². The summed E-state index contributed by atoms with van der Waals surface area (Å²) in [6, 6.07) is -4.08. The van der Waals surface area contributed by atoms with E-state index in [1.807, 2.05) is 20.8 Å². The summed E-state index contributed by atoms with van der Waals surface area (Å²) in [5.74, 6) is -2.23. The van der Waals surface area contributed by atoms with Gasteiger partial charge in [0.2, 0.25) is 17.6 Å². The molecular weight excluding hydrogens is 614 g/mol. The van der Waals surface area contributed by atoms with Crippen LogP contribution in [0.3, 0.4) is 0 Å². The zero-order valence-electron chi connectivity index (χ0n) is 28.3. The van der Waals surface area contributed by atoms with Crippen LogP contribution in [0.4, 0.5) is 4.79 Å². The minimum Gasteiger partial charge on any atom is -0.346 e. The third kappa shape index (κ3) is 9.50. The van der Waals surface area contributed by atoms with Gasteiger partial charge in [-0.05, 0) is 36.0 Å². The van der Waals surface area contributed by atoms with Gasteiger partial charge in [-0.3, -0.25) is 19.2 Å². The first kappa shape index (κ1) is 37.4. The van der Waals surface area contributed by atoms with E-state index >= 15 is 0 Å². The maximum atomic E-state index is 14.0. The van der Waals surface area contributed by atoms with E-state index in [1.54, 1.807) is 20.8 Å². The zero-order chi connectivity index (χ0) is 34.6. The molecule has 260 valence electrons. The summed E-state index contributed by atoms with van der Waals surface area (Å²) in [5.41, 5.74) is -1.26. The number of amides is 5. The van der Waals surface area contributed by atoms with Crippen LogP contribution < -0.4 is 21.3 Å². The molecule has 46 heavy (non-hydrogen) atoms. The molecule has 1 aliphatic carbocycles. The van der Waals surface area contributed by atoms with Crippen molar-refractivity contribution in [3.05, 3.63) is 12.7 Å². The Morgan fingerprint density at radius 3 is 2.09 bits per heavy atom. The Morgan fingerprint density at radius 1 is 0.913 bits per heavy atom. The largest absolute Gasteiger partial charge is 0.346 e. The summed E-state index contributed by atoms with van der Waals surface area (Å²) in [7, 11) is -2.11. The lowest BCUT2D eigenvalue weighted by atomic mass is 9.85. The van der Waals surface area contributed by atoms with Gasteiger partial charge in [-0.2, -0.15) is 17.0 Å². The summed E-state index contributed by atoms with van der Waals surface area (Å²) in [5, 5.41) is 10.9. The molecule has 2 aliphatic heterocycles. The van der Waals surface area contributed by atoms with Crippen LogP contribution in [0.2, 0.25) is 0 Å². The van der Waals surface area contributed by atoms with Crippen molar-refractivity contribution in [2.75, 3.05) is 39.8 Å². The molecule has 0 spiro atoms. The second kappa shape index (κ2) is 14.8. The summed E-state index contributed by atoms with van der Waals surface area (Å²) in [6.07, 6.45) is 4.58. The molecule has 4 atom stereocenters. The van der Waals surface area contributed by atoms with Crippen molar-refractivity contribution in [3.63, 3.8) is 0 Å².